The van der Waals surface area contributed by atoms with Gasteiger partial charge in [-0.15, -0.1) is 0 Å². The number of carbonyl (C=O) groups excluding carboxylic acids is 1. The van der Waals surface area contributed by atoms with Gasteiger partial charge in [-0.05, 0) is 21.9 Å². The molecule has 0 heterocycles. The maximum Gasteiger partial charge on any atom is 0.244 e. The summed E-state index contributed by atoms with van der Waals surface area (Å²) in [6.45, 7) is 2.05. The summed E-state index contributed by atoms with van der Waals surface area (Å²) in [5.74, 6) is 0.0481. The molecule has 0 bridgehead atoms. The molecule has 3 rings (SSSR count). The smallest absolute Gasteiger partial charge is 0.244 e. The quantitative estimate of drug-likeness (QED) is 0.554. The molecule has 0 aliphatic carbocycles. The SMILES string of the molecule is C[C@@H](/C=N\NC(=O)Cc1cccc2ccccc12)c1ccccc1. The van der Waals surface area contributed by atoms with Gasteiger partial charge in [0.15, 0.2) is 0 Å². The van der Waals surface area contributed by atoms with Gasteiger partial charge in [0.25, 0.3) is 0 Å². The van der Waals surface area contributed by atoms with Crippen LogP contribution in [0.25, 0.3) is 10.8 Å². The van der Waals surface area contributed by atoms with E-state index in [1.807, 2.05) is 48.5 Å². The van der Waals surface area contributed by atoms with Crippen LogP contribution in [0.15, 0.2) is 77.9 Å². The number of hydrazone groups is 1. The lowest BCUT2D eigenvalue weighted by molar-refractivity contribution is -0.120. The van der Waals surface area contributed by atoms with Crippen LogP contribution in [-0.2, 0) is 11.2 Å². The van der Waals surface area contributed by atoms with Crippen molar-refractivity contribution < 1.29 is 4.79 Å². The van der Waals surface area contributed by atoms with Crippen LogP contribution in [0.5, 0.6) is 0 Å². The average Bonchev–Trinajstić information content (AvgIpc) is 2.63. The highest BCUT2D eigenvalue weighted by Gasteiger charge is 2.06. The normalized spacial score (nSPS) is 12.4. The van der Waals surface area contributed by atoms with Crippen LogP contribution in [-0.4, -0.2) is 12.1 Å². The summed E-state index contributed by atoms with van der Waals surface area (Å²) in [4.78, 5) is 12.1. The van der Waals surface area contributed by atoms with Crippen molar-refractivity contribution in [1.29, 1.82) is 0 Å². The van der Waals surface area contributed by atoms with Crippen molar-refractivity contribution >= 4 is 22.9 Å². The number of hydrogen-bond acceptors (Lipinski definition) is 2. The summed E-state index contributed by atoms with van der Waals surface area (Å²) < 4.78 is 0. The molecule has 0 aromatic heterocycles. The first-order chi connectivity index (χ1) is 11.7. The van der Waals surface area contributed by atoms with Crippen LogP contribution in [0.1, 0.15) is 24.0 Å². The molecule has 0 saturated carbocycles. The van der Waals surface area contributed by atoms with E-state index in [0.717, 1.165) is 16.3 Å². The molecule has 1 N–H and O–H groups in total. The molecule has 0 aliphatic heterocycles. The molecule has 1 atom stereocenters. The summed E-state index contributed by atoms with van der Waals surface area (Å²) in [6.07, 6.45) is 2.08. The highest BCUT2D eigenvalue weighted by molar-refractivity contribution is 5.90. The van der Waals surface area contributed by atoms with Crippen molar-refractivity contribution in [2.75, 3.05) is 0 Å². The fraction of sp³-hybridized carbons (Fsp3) is 0.143. The van der Waals surface area contributed by atoms with Crippen molar-refractivity contribution in [2.45, 2.75) is 19.3 Å². The van der Waals surface area contributed by atoms with Crippen LogP contribution < -0.4 is 5.43 Å². The average molecular weight is 316 g/mol. The van der Waals surface area contributed by atoms with E-state index in [0.29, 0.717) is 6.42 Å². The number of hydrogen-bond donors (Lipinski definition) is 1. The zero-order valence-electron chi connectivity index (χ0n) is 13.6. The summed E-state index contributed by atoms with van der Waals surface area (Å²) >= 11 is 0. The number of carbonyl (C=O) groups is 1. The van der Waals surface area contributed by atoms with E-state index in [1.54, 1.807) is 6.21 Å². The monoisotopic (exact) mass is 316 g/mol. The second-order valence-corrected chi connectivity index (χ2v) is 5.83. The number of nitrogens with zero attached hydrogens (tertiary/aromatic N) is 1. The van der Waals surface area contributed by atoms with Gasteiger partial charge < -0.3 is 0 Å². The van der Waals surface area contributed by atoms with Gasteiger partial charge in [0.2, 0.25) is 5.91 Å². The maximum atomic E-state index is 12.1. The Hall–Kier alpha value is -2.94. The van der Waals surface area contributed by atoms with Crippen molar-refractivity contribution in [3.05, 3.63) is 83.9 Å². The summed E-state index contributed by atoms with van der Waals surface area (Å²) in [6, 6.07) is 24.2. The van der Waals surface area contributed by atoms with E-state index >= 15 is 0 Å². The molecule has 3 aromatic carbocycles. The second-order valence-electron chi connectivity index (χ2n) is 5.83. The maximum absolute atomic E-state index is 12.1. The lowest BCUT2D eigenvalue weighted by atomic mass is 10.0. The van der Waals surface area contributed by atoms with Crippen molar-refractivity contribution in [3.63, 3.8) is 0 Å². The van der Waals surface area contributed by atoms with Gasteiger partial charge in [0.1, 0.15) is 0 Å². The molecule has 120 valence electrons. The molecule has 3 heteroatoms. The zero-order chi connectivity index (χ0) is 16.8. The van der Waals surface area contributed by atoms with Crippen LogP contribution >= 0.6 is 0 Å². The minimum absolute atomic E-state index is 0.108. The number of benzene rings is 3. The van der Waals surface area contributed by atoms with Crippen molar-refractivity contribution in [3.8, 4) is 0 Å². The Balaban J connectivity index is 1.62. The third kappa shape index (κ3) is 3.87. The van der Waals surface area contributed by atoms with Crippen LogP contribution in [0.2, 0.25) is 0 Å². The molecule has 0 saturated heterocycles. The predicted molar refractivity (Wildman–Crippen MR) is 99.1 cm³/mol. The minimum Gasteiger partial charge on any atom is -0.273 e. The lowest BCUT2D eigenvalue weighted by Crippen LogP contribution is -2.20. The number of rotatable bonds is 5. The molecule has 0 fully saturated rings. The molecule has 0 radical (unpaired) electrons. The van der Waals surface area contributed by atoms with E-state index in [2.05, 4.69) is 41.7 Å². The molecule has 0 unspecified atom stereocenters. The van der Waals surface area contributed by atoms with E-state index in [-0.39, 0.29) is 11.8 Å². The first kappa shape index (κ1) is 15.9. The fourth-order valence-corrected chi connectivity index (χ4v) is 2.72. The molecule has 1 amide bonds. The van der Waals surface area contributed by atoms with E-state index in [1.165, 1.54) is 5.56 Å². The Morgan fingerprint density at radius 1 is 1.00 bits per heavy atom. The summed E-state index contributed by atoms with van der Waals surface area (Å²) in [7, 11) is 0. The highest BCUT2D eigenvalue weighted by Crippen LogP contribution is 2.18. The molecule has 3 nitrogen and oxygen atoms in total. The van der Waals surface area contributed by atoms with Crippen molar-refractivity contribution in [2.24, 2.45) is 5.10 Å². The van der Waals surface area contributed by atoms with Crippen molar-refractivity contribution in [1.82, 2.24) is 5.43 Å². The summed E-state index contributed by atoms with van der Waals surface area (Å²) in [5.41, 5.74) is 4.81. The van der Waals surface area contributed by atoms with Gasteiger partial charge in [-0.2, -0.15) is 5.10 Å². The summed E-state index contributed by atoms with van der Waals surface area (Å²) in [5, 5.41) is 6.35. The Morgan fingerprint density at radius 3 is 2.54 bits per heavy atom. The van der Waals surface area contributed by atoms with Gasteiger partial charge >= 0.3 is 0 Å². The van der Waals surface area contributed by atoms with Gasteiger partial charge in [0.05, 0.1) is 6.42 Å². The Morgan fingerprint density at radius 2 is 1.71 bits per heavy atom. The largest absolute Gasteiger partial charge is 0.273 e. The van der Waals surface area contributed by atoms with E-state index < -0.39 is 0 Å². The first-order valence-corrected chi connectivity index (χ1v) is 8.07. The number of nitrogens with one attached hydrogen (secondary N) is 1. The Kier molecular flexibility index (Phi) is 5.02. The minimum atomic E-state index is -0.108. The third-order valence-electron chi connectivity index (χ3n) is 4.04. The molecule has 0 aliphatic rings. The fourth-order valence-electron chi connectivity index (χ4n) is 2.72. The number of fused-ring (bicyclic) bond motifs is 1. The topological polar surface area (TPSA) is 41.5 Å². The molecular weight excluding hydrogens is 296 g/mol. The third-order valence-corrected chi connectivity index (χ3v) is 4.04. The predicted octanol–water partition coefficient (Wildman–Crippen LogP) is 4.29. The number of amides is 1. The Labute approximate surface area is 142 Å². The van der Waals surface area contributed by atoms with Crippen LogP contribution in [0.3, 0.4) is 0 Å². The van der Waals surface area contributed by atoms with Gasteiger partial charge in [-0.25, -0.2) is 5.43 Å². The standard InChI is InChI=1S/C21H20N2O/c1-16(17-8-3-2-4-9-17)15-22-23-21(24)14-19-12-7-11-18-10-5-6-13-20(18)19/h2-13,15-16H,14H2,1H3,(H,23,24)/b22-15-/t16-/m0/s1. The van der Waals surface area contributed by atoms with Gasteiger partial charge in [-0.3, -0.25) is 4.79 Å². The highest BCUT2D eigenvalue weighted by atomic mass is 16.2. The lowest BCUT2D eigenvalue weighted by Gasteiger charge is -2.07. The second kappa shape index (κ2) is 7.55. The van der Waals surface area contributed by atoms with E-state index in [4.69, 9.17) is 0 Å². The van der Waals surface area contributed by atoms with Crippen LogP contribution in [0.4, 0.5) is 0 Å². The molecular formula is C21H20N2O. The van der Waals surface area contributed by atoms with Crippen LogP contribution in [0, 0.1) is 0 Å². The first-order valence-electron chi connectivity index (χ1n) is 8.07. The zero-order valence-corrected chi connectivity index (χ0v) is 13.6. The Bertz CT molecular complexity index is 851. The molecule has 24 heavy (non-hydrogen) atoms. The van der Waals surface area contributed by atoms with E-state index in [9.17, 15) is 4.79 Å². The molecule has 0 spiro atoms. The van der Waals surface area contributed by atoms with Gasteiger partial charge in [0, 0.05) is 12.1 Å². The van der Waals surface area contributed by atoms with Gasteiger partial charge in [-0.1, -0.05) is 79.7 Å². The molecule has 3 aromatic rings.